The van der Waals surface area contributed by atoms with E-state index in [0.717, 1.165) is 19.4 Å². The van der Waals surface area contributed by atoms with E-state index in [1.807, 2.05) is 0 Å². The van der Waals surface area contributed by atoms with Gasteiger partial charge in [-0.1, -0.05) is 38.5 Å². The van der Waals surface area contributed by atoms with Crippen molar-refractivity contribution in [3.63, 3.8) is 0 Å². The highest BCUT2D eigenvalue weighted by molar-refractivity contribution is 7.08. The second-order valence-electron chi connectivity index (χ2n) is 7.01. The Labute approximate surface area is 137 Å². The van der Waals surface area contributed by atoms with Gasteiger partial charge in [-0.3, -0.25) is 0 Å². The predicted octanol–water partition coefficient (Wildman–Crippen LogP) is 4.58. The van der Waals surface area contributed by atoms with Crippen molar-refractivity contribution in [2.24, 2.45) is 0 Å². The molecule has 0 saturated heterocycles. The topological polar surface area (TPSA) is 41.1 Å². The Morgan fingerprint density at radius 2 is 1.86 bits per heavy atom. The van der Waals surface area contributed by atoms with Crippen LogP contribution in [0.4, 0.5) is 4.79 Å². The molecule has 0 bridgehead atoms. The Kier molecular flexibility index (Phi) is 5.40. The smallest absolute Gasteiger partial charge is 0.315 e. The summed E-state index contributed by atoms with van der Waals surface area (Å²) in [5, 5.41) is 10.8. The van der Waals surface area contributed by atoms with Crippen LogP contribution in [-0.2, 0) is 5.41 Å². The number of thiophene rings is 1. The van der Waals surface area contributed by atoms with Gasteiger partial charge in [0.2, 0.25) is 0 Å². The Bertz CT molecular complexity index is 457. The highest BCUT2D eigenvalue weighted by Crippen LogP contribution is 2.41. The lowest BCUT2D eigenvalue weighted by Crippen LogP contribution is -2.46. The molecule has 1 aromatic heterocycles. The van der Waals surface area contributed by atoms with Gasteiger partial charge in [0.1, 0.15) is 0 Å². The minimum atomic E-state index is 0.0356. The van der Waals surface area contributed by atoms with Crippen LogP contribution >= 0.6 is 11.3 Å². The molecule has 122 valence electrons. The number of nitrogens with one attached hydrogen (secondary N) is 2. The van der Waals surface area contributed by atoms with Crippen LogP contribution in [0.2, 0.25) is 0 Å². The highest BCUT2D eigenvalue weighted by atomic mass is 32.1. The van der Waals surface area contributed by atoms with Gasteiger partial charge >= 0.3 is 6.03 Å². The van der Waals surface area contributed by atoms with E-state index in [1.165, 1.54) is 56.9 Å². The van der Waals surface area contributed by atoms with E-state index in [0.29, 0.717) is 6.04 Å². The fourth-order valence-corrected chi connectivity index (χ4v) is 4.87. The molecule has 2 amide bonds. The third kappa shape index (κ3) is 3.83. The summed E-state index contributed by atoms with van der Waals surface area (Å²) in [6.45, 7) is 0.780. The first-order valence-electron chi connectivity index (χ1n) is 8.86. The summed E-state index contributed by atoms with van der Waals surface area (Å²) in [5.41, 5.74) is 1.60. The number of hydrogen-bond acceptors (Lipinski definition) is 2. The zero-order valence-electron chi connectivity index (χ0n) is 13.4. The number of carbonyl (C=O) groups is 1. The number of urea groups is 1. The Morgan fingerprint density at radius 1 is 1.14 bits per heavy atom. The highest BCUT2D eigenvalue weighted by Gasteiger charge is 2.36. The summed E-state index contributed by atoms with van der Waals surface area (Å²) in [4.78, 5) is 12.3. The molecule has 0 atom stereocenters. The molecule has 2 aliphatic carbocycles. The molecular weight excluding hydrogens is 292 g/mol. The number of hydrogen-bond donors (Lipinski definition) is 2. The van der Waals surface area contributed by atoms with Crippen molar-refractivity contribution in [1.29, 1.82) is 0 Å². The summed E-state index contributed by atoms with van der Waals surface area (Å²) in [6, 6.07) is 2.65. The van der Waals surface area contributed by atoms with E-state index < -0.39 is 0 Å². The van der Waals surface area contributed by atoms with Crippen molar-refractivity contribution < 1.29 is 4.79 Å². The monoisotopic (exact) mass is 320 g/mol. The predicted molar refractivity (Wildman–Crippen MR) is 92.5 cm³/mol. The molecule has 1 heterocycles. The van der Waals surface area contributed by atoms with Gasteiger partial charge in [0.25, 0.3) is 0 Å². The lowest BCUT2D eigenvalue weighted by molar-refractivity contribution is 0.232. The van der Waals surface area contributed by atoms with Crippen LogP contribution in [0.3, 0.4) is 0 Å². The van der Waals surface area contributed by atoms with E-state index >= 15 is 0 Å². The maximum atomic E-state index is 12.3. The number of rotatable bonds is 4. The van der Waals surface area contributed by atoms with Crippen LogP contribution in [-0.4, -0.2) is 18.6 Å². The zero-order chi connectivity index (χ0) is 15.3. The molecule has 2 aliphatic rings. The lowest BCUT2D eigenvalue weighted by Gasteiger charge is -2.29. The standard InChI is InChI=1S/C18H28N2OS/c21-17(20-16-7-3-1-2-4-8-16)19-14-18(10-5-6-11-18)15-9-12-22-13-15/h9,12-13,16H,1-8,10-11,14H2,(H2,19,20,21). The average molecular weight is 321 g/mol. The van der Waals surface area contributed by atoms with E-state index in [1.54, 1.807) is 11.3 Å². The van der Waals surface area contributed by atoms with Crippen LogP contribution in [0.15, 0.2) is 16.8 Å². The second-order valence-corrected chi connectivity index (χ2v) is 7.79. The fourth-order valence-electron chi connectivity index (χ4n) is 4.10. The van der Waals surface area contributed by atoms with E-state index in [4.69, 9.17) is 0 Å². The molecule has 22 heavy (non-hydrogen) atoms. The summed E-state index contributed by atoms with van der Waals surface area (Å²) in [6.07, 6.45) is 12.4. The molecule has 0 aliphatic heterocycles. The molecule has 0 unspecified atom stereocenters. The molecule has 2 saturated carbocycles. The van der Waals surface area contributed by atoms with Crippen molar-refractivity contribution >= 4 is 17.4 Å². The quantitative estimate of drug-likeness (QED) is 0.783. The molecule has 3 nitrogen and oxygen atoms in total. The minimum absolute atomic E-state index is 0.0356. The average Bonchev–Trinajstić information content (AvgIpc) is 3.15. The second kappa shape index (κ2) is 7.49. The number of carbonyl (C=O) groups excluding carboxylic acids is 1. The first-order valence-corrected chi connectivity index (χ1v) is 9.80. The first kappa shape index (κ1) is 15.9. The third-order valence-corrected chi connectivity index (χ3v) is 6.16. The molecule has 3 rings (SSSR count). The Balaban J connectivity index is 1.52. The summed E-state index contributed by atoms with van der Waals surface area (Å²) in [7, 11) is 0. The van der Waals surface area contributed by atoms with Crippen molar-refractivity contribution in [3.8, 4) is 0 Å². The number of amides is 2. The molecule has 2 fully saturated rings. The Hall–Kier alpha value is -1.03. The fraction of sp³-hybridized carbons (Fsp3) is 0.722. The maximum Gasteiger partial charge on any atom is 0.315 e. The molecular formula is C18H28N2OS. The molecule has 0 spiro atoms. The van der Waals surface area contributed by atoms with E-state index in [-0.39, 0.29) is 11.4 Å². The van der Waals surface area contributed by atoms with Gasteiger partial charge < -0.3 is 10.6 Å². The minimum Gasteiger partial charge on any atom is -0.337 e. The van der Waals surface area contributed by atoms with Gasteiger partial charge in [-0.15, -0.1) is 0 Å². The van der Waals surface area contributed by atoms with Crippen LogP contribution in [0, 0.1) is 0 Å². The van der Waals surface area contributed by atoms with E-state index in [9.17, 15) is 4.79 Å². The van der Waals surface area contributed by atoms with Crippen molar-refractivity contribution in [2.45, 2.75) is 75.7 Å². The van der Waals surface area contributed by atoms with Gasteiger partial charge in [-0.25, -0.2) is 4.79 Å². The zero-order valence-corrected chi connectivity index (χ0v) is 14.2. The van der Waals surface area contributed by atoms with Gasteiger partial charge in [-0.2, -0.15) is 11.3 Å². The van der Waals surface area contributed by atoms with Crippen molar-refractivity contribution in [1.82, 2.24) is 10.6 Å². The van der Waals surface area contributed by atoms with Crippen molar-refractivity contribution in [2.75, 3.05) is 6.54 Å². The maximum absolute atomic E-state index is 12.3. The van der Waals surface area contributed by atoms with Crippen LogP contribution in [0.1, 0.15) is 69.8 Å². The molecule has 1 aromatic rings. The third-order valence-electron chi connectivity index (χ3n) is 5.47. The van der Waals surface area contributed by atoms with Gasteiger partial charge in [0, 0.05) is 18.0 Å². The summed E-state index contributed by atoms with van der Waals surface area (Å²) in [5.74, 6) is 0. The molecule has 2 N–H and O–H groups in total. The van der Waals surface area contributed by atoms with Crippen LogP contribution in [0.25, 0.3) is 0 Å². The van der Waals surface area contributed by atoms with Crippen LogP contribution < -0.4 is 10.6 Å². The van der Waals surface area contributed by atoms with Crippen LogP contribution in [0.5, 0.6) is 0 Å². The van der Waals surface area contributed by atoms with Gasteiger partial charge in [-0.05, 0) is 48.1 Å². The van der Waals surface area contributed by atoms with E-state index in [2.05, 4.69) is 27.5 Å². The van der Waals surface area contributed by atoms with Gasteiger partial charge in [0.05, 0.1) is 0 Å². The van der Waals surface area contributed by atoms with Gasteiger partial charge in [0.15, 0.2) is 0 Å². The largest absolute Gasteiger partial charge is 0.337 e. The normalized spacial score (nSPS) is 22.2. The summed E-state index contributed by atoms with van der Waals surface area (Å²) >= 11 is 1.76. The molecule has 0 aromatic carbocycles. The summed E-state index contributed by atoms with van der Waals surface area (Å²) < 4.78 is 0. The Morgan fingerprint density at radius 3 is 2.50 bits per heavy atom. The van der Waals surface area contributed by atoms with Crippen molar-refractivity contribution in [3.05, 3.63) is 22.4 Å². The SMILES string of the molecule is O=C(NCC1(c2ccsc2)CCCC1)NC1CCCCCC1. The molecule has 0 radical (unpaired) electrons. The lowest BCUT2D eigenvalue weighted by atomic mass is 9.80. The first-order chi connectivity index (χ1) is 10.8. The molecule has 4 heteroatoms.